The molecule has 0 aliphatic heterocycles. The molecule has 5 heteroatoms. The molecule has 1 aromatic heterocycles. The third-order valence-electron chi connectivity index (χ3n) is 3.51. The molecule has 0 saturated carbocycles. The zero-order chi connectivity index (χ0) is 17.0. The molecule has 1 heterocycles. The number of unbranched alkanes of at least 4 members (excludes halogenated alkanes) is 3. The van der Waals surface area contributed by atoms with Crippen LogP contribution in [0, 0.1) is 0 Å². The maximum Gasteiger partial charge on any atom is 0.101 e. The molecule has 0 aliphatic rings. The van der Waals surface area contributed by atoms with Crippen LogP contribution in [0.25, 0.3) is 6.08 Å². The van der Waals surface area contributed by atoms with E-state index < -0.39 is 0 Å². The second kappa shape index (κ2) is 12.0. The Balaban J connectivity index is 1.42. The largest absolute Gasteiger partial charge is 0.236 e. The van der Waals surface area contributed by atoms with Crippen molar-refractivity contribution < 1.29 is 9.78 Å². The molecule has 0 atom stereocenters. The highest BCUT2D eigenvalue weighted by Gasteiger charge is 2.04. The van der Waals surface area contributed by atoms with Crippen LogP contribution in [0.4, 0.5) is 0 Å². The topological polar surface area (TPSA) is 18.5 Å². The van der Waals surface area contributed by atoms with Crippen LogP contribution in [0.3, 0.4) is 0 Å². The molecule has 130 valence electrons. The molecule has 0 radical (unpaired) electrons. The summed E-state index contributed by atoms with van der Waals surface area (Å²) in [7, 11) is 0. The first-order chi connectivity index (χ1) is 11.8. The zero-order valence-electron chi connectivity index (χ0n) is 13.5. The molecular weight excluding hydrogens is 452 g/mol. The second-order valence-electron chi connectivity index (χ2n) is 5.43. The Kier molecular flexibility index (Phi) is 9.92. The molecule has 0 amide bonds. The molecule has 2 aromatic rings. The van der Waals surface area contributed by atoms with Gasteiger partial charge in [-0.25, -0.2) is 9.78 Å². The van der Waals surface area contributed by atoms with Gasteiger partial charge in [-0.15, -0.1) is 11.3 Å². The first-order valence-corrected chi connectivity index (χ1v) is 10.6. The smallest absolute Gasteiger partial charge is 0.101 e. The summed E-state index contributed by atoms with van der Waals surface area (Å²) >= 11 is 8.86. The summed E-state index contributed by atoms with van der Waals surface area (Å²) in [6.07, 6.45) is 9.77. The molecule has 0 fully saturated rings. The van der Waals surface area contributed by atoms with Crippen molar-refractivity contribution in [3.8, 4) is 0 Å². The van der Waals surface area contributed by atoms with E-state index in [1.165, 1.54) is 38.0 Å². The van der Waals surface area contributed by atoms with Gasteiger partial charge in [0.25, 0.3) is 0 Å². The van der Waals surface area contributed by atoms with Crippen molar-refractivity contribution in [2.24, 2.45) is 0 Å². The summed E-state index contributed by atoms with van der Waals surface area (Å²) in [4.78, 5) is 10.3. The van der Waals surface area contributed by atoms with Gasteiger partial charge in [0.05, 0.1) is 14.2 Å². The molecule has 2 nitrogen and oxygen atoms in total. The molecule has 1 aromatic carbocycles. The molecule has 0 N–H and O–H groups in total. The lowest BCUT2D eigenvalue weighted by molar-refractivity contribution is -0.286. The van der Waals surface area contributed by atoms with E-state index in [2.05, 4.69) is 50.1 Å². The van der Waals surface area contributed by atoms with Crippen molar-refractivity contribution >= 4 is 49.3 Å². The van der Waals surface area contributed by atoms with E-state index in [-0.39, 0.29) is 0 Å². The van der Waals surface area contributed by atoms with Gasteiger partial charge < -0.3 is 0 Å². The quantitative estimate of drug-likeness (QED) is 0.198. The normalized spacial score (nSPS) is 11.4. The minimum Gasteiger partial charge on any atom is -0.236 e. The lowest BCUT2D eigenvalue weighted by Gasteiger charge is -2.03. The van der Waals surface area contributed by atoms with E-state index in [1.807, 2.05) is 30.4 Å². The number of rotatable bonds is 11. The van der Waals surface area contributed by atoms with Gasteiger partial charge in [0, 0.05) is 0 Å². The van der Waals surface area contributed by atoms with Crippen LogP contribution in [0.15, 0.2) is 50.0 Å². The van der Waals surface area contributed by atoms with Crippen molar-refractivity contribution in [3.05, 3.63) is 61.2 Å². The summed E-state index contributed by atoms with van der Waals surface area (Å²) < 4.78 is 2.44. The highest BCUT2D eigenvalue weighted by atomic mass is 79.9. The van der Waals surface area contributed by atoms with E-state index in [9.17, 15) is 0 Å². The molecule has 0 saturated heterocycles. The second-order valence-corrected chi connectivity index (χ2v) is 9.18. The average Bonchev–Trinajstić information content (AvgIpc) is 2.91. The third kappa shape index (κ3) is 8.08. The standard InChI is InChI=1S/C19H22Br2O2S/c20-18-15-17(19(21)24-18)12-6-1-2-7-13-22-23-14-8-11-16-9-4-3-5-10-16/h3-5,8-11,15H,1-2,6-7,12-14H2/b11-8+. The first-order valence-electron chi connectivity index (χ1n) is 8.15. The number of hydrogen-bond donors (Lipinski definition) is 0. The lowest BCUT2D eigenvalue weighted by Crippen LogP contribution is -1.97. The summed E-state index contributed by atoms with van der Waals surface area (Å²) in [5.74, 6) is 0. The predicted octanol–water partition coefficient (Wildman–Crippen LogP) is 7.04. The summed E-state index contributed by atoms with van der Waals surface area (Å²) in [5, 5.41) is 0. The fourth-order valence-corrected chi connectivity index (χ4v) is 5.18. The van der Waals surface area contributed by atoms with E-state index in [0.717, 1.165) is 12.8 Å². The van der Waals surface area contributed by atoms with Crippen molar-refractivity contribution in [2.45, 2.75) is 32.1 Å². The molecular formula is C19H22Br2O2S. The van der Waals surface area contributed by atoms with Crippen LogP contribution in [0.1, 0.15) is 36.8 Å². The molecule has 24 heavy (non-hydrogen) atoms. The third-order valence-corrected chi connectivity index (χ3v) is 5.97. The van der Waals surface area contributed by atoms with Crippen molar-refractivity contribution in [1.82, 2.24) is 0 Å². The summed E-state index contributed by atoms with van der Waals surface area (Å²) in [6, 6.07) is 12.4. The molecule has 2 rings (SSSR count). The Morgan fingerprint density at radius 2 is 1.75 bits per heavy atom. The minimum absolute atomic E-state index is 0.482. The van der Waals surface area contributed by atoms with E-state index in [0.29, 0.717) is 13.2 Å². The molecule has 0 unspecified atom stereocenters. The van der Waals surface area contributed by atoms with Gasteiger partial charge in [-0.2, -0.15) is 0 Å². The fourth-order valence-electron chi connectivity index (χ4n) is 2.27. The van der Waals surface area contributed by atoms with Crippen LogP contribution in [0.5, 0.6) is 0 Å². The summed E-state index contributed by atoms with van der Waals surface area (Å²) in [5.41, 5.74) is 2.57. The highest BCUT2D eigenvalue weighted by molar-refractivity contribution is 9.12. The SMILES string of the molecule is Brc1cc(CCCCCCOOC/C=C/c2ccccc2)c(Br)s1. The van der Waals surface area contributed by atoms with Gasteiger partial charge in [0.2, 0.25) is 0 Å². The Labute approximate surface area is 165 Å². The van der Waals surface area contributed by atoms with Gasteiger partial charge >= 0.3 is 0 Å². The van der Waals surface area contributed by atoms with Gasteiger partial charge in [-0.1, -0.05) is 55.3 Å². The van der Waals surface area contributed by atoms with Crippen molar-refractivity contribution in [2.75, 3.05) is 13.2 Å². The van der Waals surface area contributed by atoms with Crippen LogP contribution >= 0.6 is 43.2 Å². The Hall–Kier alpha value is -0.460. The van der Waals surface area contributed by atoms with Gasteiger partial charge in [-0.3, -0.25) is 0 Å². The van der Waals surface area contributed by atoms with Crippen molar-refractivity contribution in [1.29, 1.82) is 0 Å². The maximum absolute atomic E-state index is 5.20. The predicted molar refractivity (Wildman–Crippen MR) is 109 cm³/mol. The Morgan fingerprint density at radius 3 is 2.50 bits per heavy atom. The van der Waals surface area contributed by atoms with Crippen molar-refractivity contribution in [3.63, 3.8) is 0 Å². The van der Waals surface area contributed by atoms with Gasteiger partial charge in [0.15, 0.2) is 0 Å². The van der Waals surface area contributed by atoms with E-state index in [4.69, 9.17) is 9.78 Å². The van der Waals surface area contributed by atoms with Gasteiger partial charge in [-0.05, 0) is 68.3 Å². The maximum atomic E-state index is 5.20. The van der Waals surface area contributed by atoms with Crippen LogP contribution in [0.2, 0.25) is 0 Å². The number of halogens is 2. The molecule has 0 bridgehead atoms. The van der Waals surface area contributed by atoms with Crippen LogP contribution < -0.4 is 0 Å². The van der Waals surface area contributed by atoms with E-state index in [1.54, 1.807) is 11.3 Å². The van der Waals surface area contributed by atoms with E-state index >= 15 is 0 Å². The molecule has 0 spiro atoms. The van der Waals surface area contributed by atoms with Crippen LogP contribution in [-0.2, 0) is 16.2 Å². The monoisotopic (exact) mass is 472 g/mol. The number of benzene rings is 1. The minimum atomic E-state index is 0.482. The average molecular weight is 474 g/mol. The zero-order valence-corrected chi connectivity index (χ0v) is 17.5. The Morgan fingerprint density at radius 1 is 0.958 bits per heavy atom. The number of hydrogen-bond acceptors (Lipinski definition) is 3. The highest BCUT2D eigenvalue weighted by Crippen LogP contribution is 2.32. The lowest BCUT2D eigenvalue weighted by atomic mass is 10.1. The Bertz CT molecular complexity index is 611. The fraction of sp³-hybridized carbons (Fsp3) is 0.368. The number of thiophene rings is 1. The molecule has 0 aliphatic carbocycles. The first kappa shape index (κ1) is 19.9. The van der Waals surface area contributed by atoms with Gasteiger partial charge in [0.1, 0.15) is 6.61 Å². The summed E-state index contributed by atoms with van der Waals surface area (Å²) in [6.45, 7) is 1.14. The number of aryl methyl sites for hydroxylation is 1. The van der Waals surface area contributed by atoms with Crippen LogP contribution in [-0.4, -0.2) is 13.2 Å².